The predicted molar refractivity (Wildman–Crippen MR) is 44.6 cm³/mol. The van der Waals surface area contributed by atoms with E-state index in [1.165, 1.54) is 6.33 Å². The molecule has 0 radical (unpaired) electrons. The van der Waals surface area contributed by atoms with Crippen LogP contribution in [0.15, 0.2) is 12.5 Å². The second-order valence-electron chi connectivity index (χ2n) is 2.49. The van der Waals surface area contributed by atoms with Gasteiger partial charge in [-0.05, 0) is 6.42 Å². The lowest BCUT2D eigenvalue weighted by Crippen LogP contribution is -2.02. The van der Waals surface area contributed by atoms with Crippen LogP contribution in [0.5, 0.6) is 0 Å². The number of fused-ring (bicyclic) bond motifs is 1. The van der Waals surface area contributed by atoms with Gasteiger partial charge in [0.05, 0.1) is 6.20 Å². The summed E-state index contributed by atoms with van der Waals surface area (Å²) >= 11 is 0. The number of rotatable bonds is 1. The molecule has 0 unspecified atom stereocenters. The first-order valence-corrected chi connectivity index (χ1v) is 3.76. The second-order valence-corrected chi connectivity index (χ2v) is 2.49. The van der Waals surface area contributed by atoms with Crippen molar-refractivity contribution >= 4 is 11.6 Å². The largest absolute Gasteiger partial charge is 0.368 e. The van der Waals surface area contributed by atoms with Crippen LogP contribution >= 0.6 is 0 Å². The topological polar surface area (TPSA) is 69.1 Å². The smallest absolute Gasteiger partial charge is 0.224 e. The van der Waals surface area contributed by atoms with Crippen LogP contribution in [-0.4, -0.2) is 19.6 Å². The third-order valence-electron chi connectivity index (χ3n) is 1.78. The maximum Gasteiger partial charge on any atom is 0.224 e. The molecule has 0 fully saturated rings. The van der Waals surface area contributed by atoms with Gasteiger partial charge in [0.2, 0.25) is 5.95 Å². The molecule has 62 valence electrons. The standard InChI is InChI=1S/C7H9N5/c1-2-5-3-11-12-6(5)9-4-10-7(12)8/h3-4H,2H2,1H3,(H2,8,9,10). The molecule has 2 rings (SSSR count). The molecule has 0 aromatic carbocycles. The number of nitrogen functional groups attached to an aromatic ring is 1. The third-order valence-corrected chi connectivity index (χ3v) is 1.78. The van der Waals surface area contributed by atoms with Gasteiger partial charge >= 0.3 is 0 Å². The van der Waals surface area contributed by atoms with Crippen LogP contribution in [-0.2, 0) is 6.42 Å². The summed E-state index contributed by atoms with van der Waals surface area (Å²) in [5, 5.41) is 4.06. The zero-order valence-electron chi connectivity index (χ0n) is 6.73. The van der Waals surface area contributed by atoms with Crippen LogP contribution in [0.1, 0.15) is 12.5 Å². The predicted octanol–water partition coefficient (Wildman–Crippen LogP) is 0.269. The summed E-state index contributed by atoms with van der Waals surface area (Å²) in [6.07, 6.45) is 4.12. The summed E-state index contributed by atoms with van der Waals surface area (Å²) < 4.78 is 1.54. The minimum atomic E-state index is 0.375. The molecule has 0 amide bonds. The van der Waals surface area contributed by atoms with E-state index in [0.29, 0.717) is 5.95 Å². The number of nitrogens with two attached hydrogens (primary N) is 1. The average molecular weight is 163 g/mol. The van der Waals surface area contributed by atoms with Crippen molar-refractivity contribution in [3.05, 3.63) is 18.1 Å². The highest BCUT2D eigenvalue weighted by Gasteiger charge is 2.04. The average Bonchev–Trinajstić information content (AvgIpc) is 2.49. The van der Waals surface area contributed by atoms with Gasteiger partial charge in [-0.3, -0.25) is 0 Å². The van der Waals surface area contributed by atoms with E-state index in [1.807, 2.05) is 0 Å². The Hall–Kier alpha value is -1.65. The minimum absolute atomic E-state index is 0.375. The summed E-state index contributed by atoms with van der Waals surface area (Å²) in [5.41, 5.74) is 7.46. The number of hydrogen-bond acceptors (Lipinski definition) is 4. The molecule has 0 bridgehead atoms. The van der Waals surface area contributed by atoms with E-state index in [-0.39, 0.29) is 0 Å². The van der Waals surface area contributed by atoms with Gasteiger partial charge in [0.15, 0.2) is 5.65 Å². The van der Waals surface area contributed by atoms with Crippen LogP contribution in [0, 0.1) is 0 Å². The number of nitrogens with zero attached hydrogens (tertiary/aromatic N) is 4. The molecule has 0 aliphatic carbocycles. The number of anilines is 1. The Morgan fingerprint density at radius 3 is 3.08 bits per heavy atom. The van der Waals surface area contributed by atoms with E-state index in [1.54, 1.807) is 10.7 Å². The number of aromatic nitrogens is 4. The van der Waals surface area contributed by atoms with Gasteiger partial charge in [-0.15, -0.1) is 0 Å². The maximum atomic E-state index is 5.57. The SMILES string of the molecule is CCc1cnn2c(N)ncnc12. The van der Waals surface area contributed by atoms with Crippen molar-refractivity contribution in [1.29, 1.82) is 0 Å². The van der Waals surface area contributed by atoms with Gasteiger partial charge in [0.25, 0.3) is 0 Å². The van der Waals surface area contributed by atoms with Crippen molar-refractivity contribution in [3.63, 3.8) is 0 Å². The van der Waals surface area contributed by atoms with Crippen molar-refractivity contribution in [2.75, 3.05) is 5.73 Å². The van der Waals surface area contributed by atoms with E-state index >= 15 is 0 Å². The van der Waals surface area contributed by atoms with Gasteiger partial charge in [0.1, 0.15) is 6.33 Å². The van der Waals surface area contributed by atoms with E-state index in [4.69, 9.17) is 5.73 Å². The highest BCUT2D eigenvalue weighted by Crippen LogP contribution is 2.08. The molecule has 0 spiro atoms. The molecule has 0 saturated carbocycles. The Morgan fingerprint density at radius 1 is 1.50 bits per heavy atom. The first-order valence-electron chi connectivity index (χ1n) is 3.76. The maximum absolute atomic E-state index is 5.57. The molecule has 2 N–H and O–H groups in total. The zero-order chi connectivity index (χ0) is 8.55. The zero-order valence-corrected chi connectivity index (χ0v) is 6.73. The van der Waals surface area contributed by atoms with Crippen LogP contribution in [0.25, 0.3) is 5.65 Å². The molecule has 5 heteroatoms. The molecular weight excluding hydrogens is 154 g/mol. The van der Waals surface area contributed by atoms with E-state index in [2.05, 4.69) is 22.0 Å². The van der Waals surface area contributed by atoms with E-state index < -0.39 is 0 Å². The molecule has 2 heterocycles. The second kappa shape index (κ2) is 2.44. The number of aryl methyl sites for hydroxylation is 1. The lowest BCUT2D eigenvalue weighted by molar-refractivity contribution is 0.908. The van der Waals surface area contributed by atoms with E-state index in [0.717, 1.165) is 17.6 Å². The number of hydrogen-bond donors (Lipinski definition) is 1. The lowest BCUT2D eigenvalue weighted by atomic mass is 10.3. The minimum Gasteiger partial charge on any atom is -0.368 e. The molecule has 12 heavy (non-hydrogen) atoms. The van der Waals surface area contributed by atoms with Gasteiger partial charge in [-0.25, -0.2) is 9.97 Å². The summed E-state index contributed by atoms with van der Waals surface area (Å²) in [4.78, 5) is 7.90. The lowest BCUT2D eigenvalue weighted by Gasteiger charge is -1.95. The summed E-state index contributed by atoms with van der Waals surface area (Å²) in [6, 6.07) is 0. The van der Waals surface area contributed by atoms with Gasteiger partial charge < -0.3 is 5.73 Å². The Morgan fingerprint density at radius 2 is 2.33 bits per heavy atom. The third kappa shape index (κ3) is 0.827. The van der Waals surface area contributed by atoms with Crippen molar-refractivity contribution in [1.82, 2.24) is 19.6 Å². The Labute approximate surface area is 69.2 Å². The monoisotopic (exact) mass is 163 g/mol. The Bertz CT molecular complexity index is 405. The first kappa shape index (κ1) is 7.02. The summed E-state index contributed by atoms with van der Waals surface area (Å²) in [7, 11) is 0. The molecule has 0 atom stereocenters. The van der Waals surface area contributed by atoms with Gasteiger partial charge in [-0.1, -0.05) is 6.92 Å². The van der Waals surface area contributed by atoms with Gasteiger partial charge in [-0.2, -0.15) is 9.61 Å². The first-order chi connectivity index (χ1) is 5.83. The molecular formula is C7H9N5. The van der Waals surface area contributed by atoms with Gasteiger partial charge in [0, 0.05) is 5.56 Å². The molecule has 0 aliphatic heterocycles. The van der Waals surface area contributed by atoms with Crippen LogP contribution in [0.2, 0.25) is 0 Å². The Kier molecular flexibility index (Phi) is 1.43. The molecule has 2 aromatic rings. The molecule has 2 aromatic heterocycles. The normalized spacial score (nSPS) is 10.8. The fourth-order valence-corrected chi connectivity index (χ4v) is 1.13. The molecule has 0 aliphatic rings. The fraction of sp³-hybridized carbons (Fsp3) is 0.286. The summed E-state index contributed by atoms with van der Waals surface area (Å²) in [6.45, 7) is 2.05. The van der Waals surface area contributed by atoms with E-state index in [9.17, 15) is 0 Å². The van der Waals surface area contributed by atoms with Crippen molar-refractivity contribution in [2.45, 2.75) is 13.3 Å². The highest BCUT2D eigenvalue weighted by atomic mass is 15.3. The van der Waals surface area contributed by atoms with Crippen molar-refractivity contribution < 1.29 is 0 Å². The summed E-state index contributed by atoms with van der Waals surface area (Å²) in [5.74, 6) is 0.375. The van der Waals surface area contributed by atoms with Crippen LogP contribution in [0.3, 0.4) is 0 Å². The highest BCUT2D eigenvalue weighted by molar-refractivity contribution is 5.48. The Balaban J connectivity index is 2.80. The van der Waals surface area contributed by atoms with Crippen LogP contribution < -0.4 is 5.73 Å². The fourth-order valence-electron chi connectivity index (χ4n) is 1.13. The van der Waals surface area contributed by atoms with Crippen LogP contribution in [0.4, 0.5) is 5.95 Å². The van der Waals surface area contributed by atoms with Crippen molar-refractivity contribution in [3.8, 4) is 0 Å². The quantitative estimate of drug-likeness (QED) is 0.655. The molecule has 5 nitrogen and oxygen atoms in total. The molecule has 0 saturated heterocycles. The van der Waals surface area contributed by atoms with Crippen molar-refractivity contribution in [2.24, 2.45) is 0 Å².